The predicted octanol–water partition coefficient (Wildman–Crippen LogP) is 3.13. The number of morpholine rings is 1. The van der Waals surface area contributed by atoms with Crippen LogP contribution in [-0.2, 0) is 10.9 Å². The van der Waals surface area contributed by atoms with Crippen LogP contribution in [-0.4, -0.2) is 50.9 Å². The number of aromatic amines is 1. The van der Waals surface area contributed by atoms with Crippen molar-refractivity contribution in [3.05, 3.63) is 42.5 Å². The Balaban J connectivity index is 1.75. The van der Waals surface area contributed by atoms with Crippen molar-refractivity contribution in [1.29, 1.82) is 0 Å². The van der Waals surface area contributed by atoms with Crippen LogP contribution in [0.15, 0.2) is 36.8 Å². The number of nitrogens with zero attached hydrogens (tertiary/aromatic N) is 5. The second-order valence-corrected chi connectivity index (χ2v) is 6.54. The Morgan fingerprint density at radius 3 is 2.68 bits per heavy atom. The quantitative estimate of drug-likeness (QED) is 0.571. The van der Waals surface area contributed by atoms with Crippen molar-refractivity contribution in [1.82, 2.24) is 24.6 Å². The number of benzene rings is 1. The number of rotatable bonds is 2. The molecule has 1 aliphatic heterocycles. The number of hydrogen-bond donors (Lipinski definition) is 1. The van der Waals surface area contributed by atoms with Crippen LogP contribution in [0.3, 0.4) is 0 Å². The number of ether oxygens (including phenoxy) is 1. The second kappa shape index (κ2) is 6.20. The Labute approximate surface area is 156 Å². The van der Waals surface area contributed by atoms with Crippen molar-refractivity contribution in [2.24, 2.45) is 0 Å². The molecule has 0 unspecified atom stereocenters. The first-order chi connectivity index (χ1) is 13.5. The highest BCUT2D eigenvalue weighted by atomic mass is 19.4. The highest BCUT2D eigenvalue weighted by Crippen LogP contribution is 2.33. The van der Waals surface area contributed by atoms with Gasteiger partial charge in [-0.2, -0.15) is 18.3 Å². The zero-order valence-electron chi connectivity index (χ0n) is 14.6. The van der Waals surface area contributed by atoms with Gasteiger partial charge in [-0.1, -0.05) is 12.1 Å². The van der Waals surface area contributed by atoms with Gasteiger partial charge in [0, 0.05) is 36.4 Å². The summed E-state index contributed by atoms with van der Waals surface area (Å²) in [6, 6.07) is 5.61. The van der Waals surface area contributed by atoms with Crippen LogP contribution in [0.2, 0.25) is 0 Å². The molecular weight excluding hydrogens is 373 g/mol. The summed E-state index contributed by atoms with van der Waals surface area (Å²) < 4.78 is 46.5. The molecule has 1 N–H and O–H groups in total. The number of halogens is 3. The monoisotopic (exact) mass is 388 g/mol. The molecule has 1 aromatic carbocycles. The van der Waals surface area contributed by atoms with E-state index in [0.29, 0.717) is 37.8 Å². The number of aromatic nitrogens is 5. The Morgan fingerprint density at radius 2 is 1.89 bits per heavy atom. The summed E-state index contributed by atoms with van der Waals surface area (Å²) in [5.41, 5.74) is 1.39. The maximum atomic E-state index is 13.2. The van der Waals surface area contributed by atoms with Crippen molar-refractivity contribution in [2.75, 3.05) is 31.2 Å². The molecule has 0 bridgehead atoms. The molecule has 10 heteroatoms. The summed E-state index contributed by atoms with van der Waals surface area (Å²) >= 11 is 0. The maximum absolute atomic E-state index is 13.2. The molecule has 0 radical (unpaired) electrons. The second-order valence-electron chi connectivity index (χ2n) is 6.54. The minimum absolute atomic E-state index is 0.178. The molecule has 1 saturated heterocycles. The third kappa shape index (κ3) is 2.76. The third-order valence-electron chi connectivity index (χ3n) is 4.78. The minimum Gasteiger partial charge on any atom is -0.378 e. The summed E-state index contributed by atoms with van der Waals surface area (Å²) in [5, 5.41) is 7.79. The van der Waals surface area contributed by atoms with E-state index in [-0.39, 0.29) is 5.65 Å². The maximum Gasteiger partial charge on any atom is 0.434 e. The van der Waals surface area contributed by atoms with Gasteiger partial charge in [0.1, 0.15) is 0 Å². The Hall–Kier alpha value is -3.14. The van der Waals surface area contributed by atoms with Gasteiger partial charge in [-0.05, 0) is 6.07 Å². The molecule has 144 valence electrons. The van der Waals surface area contributed by atoms with Gasteiger partial charge in [0.25, 0.3) is 0 Å². The van der Waals surface area contributed by atoms with E-state index in [0.717, 1.165) is 22.7 Å². The van der Waals surface area contributed by atoms with E-state index in [9.17, 15) is 13.2 Å². The van der Waals surface area contributed by atoms with E-state index in [1.807, 2.05) is 23.1 Å². The van der Waals surface area contributed by atoms with E-state index in [1.165, 1.54) is 4.40 Å². The Kier molecular flexibility index (Phi) is 3.76. The van der Waals surface area contributed by atoms with Crippen molar-refractivity contribution >= 4 is 22.4 Å². The summed E-state index contributed by atoms with van der Waals surface area (Å²) in [6.45, 7) is 2.05. The molecule has 5 rings (SSSR count). The fourth-order valence-corrected chi connectivity index (χ4v) is 3.43. The van der Waals surface area contributed by atoms with Gasteiger partial charge in [-0.25, -0.2) is 9.97 Å². The standard InChI is InChI=1S/C18H15F3N6O/c19-18(20,21)15-10-27-9-14(11-2-1-3-13-12(11)8-22-25-13)23-16(17(27)24-15)26-4-6-28-7-5-26/h1-3,8-10H,4-7H2,(H,22,25). The summed E-state index contributed by atoms with van der Waals surface area (Å²) in [7, 11) is 0. The first-order valence-electron chi connectivity index (χ1n) is 8.73. The van der Waals surface area contributed by atoms with Crippen molar-refractivity contribution < 1.29 is 17.9 Å². The lowest BCUT2D eigenvalue weighted by atomic mass is 10.1. The molecule has 0 spiro atoms. The van der Waals surface area contributed by atoms with E-state index < -0.39 is 11.9 Å². The topological polar surface area (TPSA) is 71.3 Å². The Bertz CT molecular complexity index is 1160. The predicted molar refractivity (Wildman–Crippen MR) is 96.1 cm³/mol. The normalized spacial score (nSPS) is 15.6. The molecule has 4 heterocycles. The van der Waals surface area contributed by atoms with Crippen LogP contribution in [0.4, 0.5) is 19.0 Å². The number of H-pyrrole nitrogens is 1. The van der Waals surface area contributed by atoms with Crippen LogP contribution < -0.4 is 4.90 Å². The zero-order chi connectivity index (χ0) is 19.3. The lowest BCUT2D eigenvalue weighted by Gasteiger charge is -2.28. The molecule has 0 atom stereocenters. The summed E-state index contributed by atoms with van der Waals surface area (Å²) in [5.74, 6) is 0.414. The minimum atomic E-state index is -4.53. The largest absolute Gasteiger partial charge is 0.434 e. The smallest absolute Gasteiger partial charge is 0.378 e. The van der Waals surface area contributed by atoms with Crippen molar-refractivity contribution in [2.45, 2.75) is 6.18 Å². The third-order valence-corrected chi connectivity index (χ3v) is 4.78. The molecule has 3 aromatic heterocycles. The van der Waals surface area contributed by atoms with E-state index in [1.54, 1.807) is 12.4 Å². The average Bonchev–Trinajstić information content (AvgIpc) is 3.34. The highest BCUT2D eigenvalue weighted by Gasteiger charge is 2.35. The van der Waals surface area contributed by atoms with Crippen LogP contribution >= 0.6 is 0 Å². The number of imidazole rings is 1. The lowest BCUT2D eigenvalue weighted by Crippen LogP contribution is -2.37. The molecule has 1 fully saturated rings. The SMILES string of the molecule is FC(F)(F)c1cn2cc(-c3cccc4[nH]ncc34)nc(N3CCOCC3)c2n1. The zero-order valence-corrected chi connectivity index (χ0v) is 14.6. The van der Waals surface area contributed by atoms with Gasteiger partial charge < -0.3 is 14.0 Å². The van der Waals surface area contributed by atoms with Gasteiger partial charge in [0.15, 0.2) is 17.2 Å². The van der Waals surface area contributed by atoms with Crippen LogP contribution in [0.5, 0.6) is 0 Å². The first kappa shape index (κ1) is 17.0. The number of hydrogen-bond acceptors (Lipinski definition) is 5. The van der Waals surface area contributed by atoms with Crippen LogP contribution in [0.1, 0.15) is 5.69 Å². The number of anilines is 1. The number of fused-ring (bicyclic) bond motifs is 2. The van der Waals surface area contributed by atoms with Gasteiger partial charge in [-0.15, -0.1) is 0 Å². The number of alkyl halides is 3. The lowest BCUT2D eigenvalue weighted by molar-refractivity contribution is -0.140. The highest BCUT2D eigenvalue weighted by molar-refractivity contribution is 5.93. The van der Waals surface area contributed by atoms with Crippen molar-refractivity contribution in [3.63, 3.8) is 0 Å². The molecule has 1 aliphatic rings. The molecular formula is C18H15F3N6O. The van der Waals surface area contributed by atoms with E-state index in [2.05, 4.69) is 15.2 Å². The molecule has 0 amide bonds. The van der Waals surface area contributed by atoms with E-state index >= 15 is 0 Å². The molecule has 0 saturated carbocycles. The van der Waals surface area contributed by atoms with Crippen LogP contribution in [0.25, 0.3) is 27.8 Å². The molecule has 28 heavy (non-hydrogen) atoms. The van der Waals surface area contributed by atoms with Crippen molar-refractivity contribution in [3.8, 4) is 11.3 Å². The molecule has 0 aliphatic carbocycles. The summed E-state index contributed by atoms with van der Waals surface area (Å²) in [6.07, 6.45) is -0.275. The fourth-order valence-electron chi connectivity index (χ4n) is 3.43. The first-order valence-corrected chi connectivity index (χ1v) is 8.73. The van der Waals surface area contributed by atoms with Crippen LogP contribution in [0, 0.1) is 0 Å². The average molecular weight is 388 g/mol. The molecule has 4 aromatic rings. The van der Waals surface area contributed by atoms with Gasteiger partial charge in [0.05, 0.1) is 30.6 Å². The van der Waals surface area contributed by atoms with Gasteiger partial charge in [-0.3, -0.25) is 5.10 Å². The van der Waals surface area contributed by atoms with Gasteiger partial charge >= 0.3 is 6.18 Å². The Morgan fingerprint density at radius 1 is 1.07 bits per heavy atom. The summed E-state index contributed by atoms with van der Waals surface area (Å²) in [4.78, 5) is 10.4. The van der Waals surface area contributed by atoms with Gasteiger partial charge in [0.2, 0.25) is 0 Å². The number of nitrogens with one attached hydrogen (secondary N) is 1. The fraction of sp³-hybridized carbons (Fsp3) is 0.278. The van der Waals surface area contributed by atoms with E-state index in [4.69, 9.17) is 9.72 Å². The molecule has 7 nitrogen and oxygen atoms in total.